The molecule has 2 heterocycles. The first kappa shape index (κ1) is 9.31. The Hall–Kier alpha value is -1.25. The summed E-state index contributed by atoms with van der Waals surface area (Å²) in [5, 5.41) is 0. The first-order valence-corrected chi connectivity index (χ1v) is 4.83. The van der Waals surface area contributed by atoms with E-state index in [9.17, 15) is 0 Å². The molecule has 0 bridgehead atoms. The average Bonchev–Trinajstić information content (AvgIpc) is 2.16. The van der Waals surface area contributed by atoms with Gasteiger partial charge in [-0.15, -0.1) is 0 Å². The van der Waals surface area contributed by atoms with Gasteiger partial charge in [-0.25, -0.2) is 4.98 Å². The normalized spacial score (nSPS) is 15.4. The second-order valence-electron chi connectivity index (χ2n) is 4.47. The third-order valence-corrected chi connectivity index (χ3v) is 2.26. The molecule has 1 aliphatic heterocycles. The third-order valence-electron chi connectivity index (χ3n) is 2.26. The van der Waals surface area contributed by atoms with Gasteiger partial charge in [-0.3, -0.25) is 0 Å². The molecule has 0 radical (unpaired) electrons. The number of aromatic nitrogens is 1. The van der Waals surface area contributed by atoms with E-state index in [4.69, 9.17) is 9.47 Å². The molecule has 2 rings (SSSR count). The van der Waals surface area contributed by atoms with Crippen molar-refractivity contribution in [3.63, 3.8) is 0 Å². The predicted octanol–water partition coefficient (Wildman–Crippen LogP) is 2.15. The van der Waals surface area contributed by atoms with Crippen LogP contribution >= 0.6 is 0 Å². The molecule has 14 heavy (non-hydrogen) atoms. The molecule has 0 N–H and O–H groups in total. The highest BCUT2D eigenvalue weighted by molar-refractivity contribution is 5.39. The van der Waals surface area contributed by atoms with E-state index >= 15 is 0 Å². The lowest BCUT2D eigenvalue weighted by molar-refractivity contribution is 0.164. The van der Waals surface area contributed by atoms with E-state index < -0.39 is 0 Å². The number of hydrogen-bond acceptors (Lipinski definition) is 3. The largest absolute Gasteiger partial charge is 0.484 e. The molecule has 1 aliphatic rings. The van der Waals surface area contributed by atoms with Crippen molar-refractivity contribution in [3.05, 3.63) is 17.8 Å². The van der Waals surface area contributed by atoms with Gasteiger partial charge in [-0.2, -0.15) is 0 Å². The van der Waals surface area contributed by atoms with Crippen LogP contribution in [0.3, 0.4) is 0 Å². The molecule has 3 heteroatoms. The van der Waals surface area contributed by atoms with Crippen LogP contribution in [0.4, 0.5) is 0 Å². The number of rotatable bonds is 0. The summed E-state index contributed by atoms with van der Waals surface area (Å²) in [7, 11) is 0. The minimum atomic E-state index is 0.100. The second-order valence-corrected chi connectivity index (χ2v) is 4.47. The summed E-state index contributed by atoms with van der Waals surface area (Å²) in [5.74, 6) is 1.38. The fourth-order valence-electron chi connectivity index (χ4n) is 1.34. The monoisotopic (exact) mass is 193 g/mol. The third kappa shape index (κ3) is 1.67. The van der Waals surface area contributed by atoms with Gasteiger partial charge in [-0.05, 0) is 17.0 Å². The van der Waals surface area contributed by atoms with E-state index in [0.717, 1.165) is 5.75 Å². The van der Waals surface area contributed by atoms with Gasteiger partial charge in [0.2, 0.25) is 0 Å². The van der Waals surface area contributed by atoms with Crippen molar-refractivity contribution in [2.75, 3.05) is 13.2 Å². The summed E-state index contributed by atoms with van der Waals surface area (Å²) in [5.41, 5.74) is 1.27. The van der Waals surface area contributed by atoms with E-state index in [-0.39, 0.29) is 5.41 Å². The van der Waals surface area contributed by atoms with Gasteiger partial charge in [0.05, 0.1) is 0 Å². The number of hydrogen-bond donors (Lipinski definition) is 0. The fourth-order valence-corrected chi connectivity index (χ4v) is 1.34. The average molecular weight is 193 g/mol. The van der Waals surface area contributed by atoms with Crippen molar-refractivity contribution >= 4 is 0 Å². The number of fused-ring (bicyclic) bond motifs is 1. The fraction of sp³-hybridized carbons (Fsp3) is 0.545. The molecular formula is C11H15NO2. The Morgan fingerprint density at radius 2 is 1.93 bits per heavy atom. The topological polar surface area (TPSA) is 31.4 Å². The lowest BCUT2D eigenvalue weighted by atomic mass is 9.88. The first-order chi connectivity index (χ1) is 6.57. The van der Waals surface area contributed by atoms with E-state index in [2.05, 4.69) is 25.8 Å². The lowest BCUT2D eigenvalue weighted by Gasteiger charge is -2.22. The van der Waals surface area contributed by atoms with Crippen LogP contribution in [0, 0.1) is 0 Å². The van der Waals surface area contributed by atoms with Crippen molar-refractivity contribution < 1.29 is 9.47 Å². The van der Waals surface area contributed by atoms with Crippen LogP contribution in [0.5, 0.6) is 11.6 Å². The van der Waals surface area contributed by atoms with E-state index in [1.54, 1.807) is 0 Å². The van der Waals surface area contributed by atoms with Crippen LogP contribution < -0.4 is 9.47 Å². The molecule has 1 aromatic rings. The molecule has 0 spiro atoms. The number of ether oxygens (including phenoxy) is 2. The van der Waals surface area contributed by atoms with Crippen molar-refractivity contribution in [3.8, 4) is 11.6 Å². The lowest BCUT2D eigenvalue weighted by Crippen LogP contribution is -2.18. The maximum absolute atomic E-state index is 5.47. The standard InChI is InChI=1S/C11H15NO2/c1-11(2,3)8-6-9-10(12-7-8)14-5-4-13-9/h6-7H,4-5H2,1-3H3. The van der Waals surface area contributed by atoms with Crippen LogP contribution in [0.1, 0.15) is 26.3 Å². The van der Waals surface area contributed by atoms with E-state index in [1.165, 1.54) is 5.56 Å². The van der Waals surface area contributed by atoms with Crippen molar-refractivity contribution in [1.82, 2.24) is 4.98 Å². The van der Waals surface area contributed by atoms with Gasteiger partial charge in [0, 0.05) is 6.20 Å². The van der Waals surface area contributed by atoms with Gasteiger partial charge in [-0.1, -0.05) is 20.8 Å². The van der Waals surface area contributed by atoms with E-state index in [0.29, 0.717) is 19.1 Å². The molecule has 76 valence electrons. The smallest absolute Gasteiger partial charge is 0.257 e. The maximum Gasteiger partial charge on any atom is 0.257 e. The zero-order chi connectivity index (χ0) is 10.2. The molecule has 0 fully saturated rings. The van der Waals surface area contributed by atoms with Crippen LogP contribution in [0.25, 0.3) is 0 Å². The molecule has 0 aromatic carbocycles. The first-order valence-electron chi connectivity index (χ1n) is 4.83. The Morgan fingerprint density at radius 3 is 2.64 bits per heavy atom. The SMILES string of the molecule is CC(C)(C)c1cnc2c(c1)OCCO2. The van der Waals surface area contributed by atoms with Gasteiger partial charge in [0.25, 0.3) is 5.88 Å². The Morgan fingerprint density at radius 1 is 1.21 bits per heavy atom. The summed E-state index contributed by atoms with van der Waals surface area (Å²) in [6.07, 6.45) is 1.85. The quantitative estimate of drug-likeness (QED) is 0.632. The summed E-state index contributed by atoms with van der Waals surface area (Å²) < 4.78 is 10.8. The molecule has 0 amide bonds. The van der Waals surface area contributed by atoms with Crippen LogP contribution in [-0.2, 0) is 5.41 Å². The molecule has 0 aliphatic carbocycles. The van der Waals surface area contributed by atoms with Crippen molar-refractivity contribution in [2.45, 2.75) is 26.2 Å². The number of nitrogens with zero attached hydrogens (tertiary/aromatic N) is 1. The molecule has 0 saturated carbocycles. The van der Waals surface area contributed by atoms with Gasteiger partial charge in [0.1, 0.15) is 13.2 Å². The molecule has 0 unspecified atom stereocenters. The predicted molar refractivity (Wildman–Crippen MR) is 53.9 cm³/mol. The zero-order valence-corrected chi connectivity index (χ0v) is 8.83. The molecular weight excluding hydrogens is 178 g/mol. The van der Waals surface area contributed by atoms with Crippen LogP contribution in [0.2, 0.25) is 0 Å². The second kappa shape index (κ2) is 3.15. The van der Waals surface area contributed by atoms with Crippen molar-refractivity contribution in [2.24, 2.45) is 0 Å². The summed E-state index contributed by atoms with van der Waals surface area (Å²) >= 11 is 0. The van der Waals surface area contributed by atoms with Gasteiger partial charge in [0.15, 0.2) is 5.75 Å². The zero-order valence-electron chi connectivity index (χ0n) is 8.83. The molecule has 0 atom stereocenters. The number of pyridine rings is 1. The van der Waals surface area contributed by atoms with Crippen LogP contribution in [0.15, 0.2) is 12.3 Å². The van der Waals surface area contributed by atoms with E-state index in [1.807, 2.05) is 12.3 Å². The Kier molecular flexibility index (Phi) is 2.10. The van der Waals surface area contributed by atoms with Gasteiger partial charge < -0.3 is 9.47 Å². The van der Waals surface area contributed by atoms with Crippen molar-refractivity contribution in [1.29, 1.82) is 0 Å². The highest BCUT2D eigenvalue weighted by atomic mass is 16.6. The summed E-state index contributed by atoms with van der Waals surface area (Å²) in [4.78, 5) is 4.24. The minimum absolute atomic E-state index is 0.100. The highest BCUT2D eigenvalue weighted by Gasteiger charge is 2.19. The maximum atomic E-state index is 5.47. The van der Waals surface area contributed by atoms with Crippen LogP contribution in [-0.4, -0.2) is 18.2 Å². The molecule has 1 aromatic heterocycles. The summed E-state index contributed by atoms with van der Waals surface area (Å²) in [6, 6.07) is 2.02. The van der Waals surface area contributed by atoms with Gasteiger partial charge >= 0.3 is 0 Å². The minimum Gasteiger partial charge on any atom is -0.484 e. The Balaban J connectivity index is 2.39. The molecule has 3 nitrogen and oxygen atoms in total. The highest BCUT2D eigenvalue weighted by Crippen LogP contribution is 2.32. The summed E-state index contributed by atoms with van der Waals surface area (Å²) in [6.45, 7) is 7.66. The Bertz CT molecular complexity index is 342. The molecule has 0 saturated heterocycles. The Labute approximate surface area is 84.1 Å².